The molecule has 1 aliphatic carbocycles. The van der Waals surface area contributed by atoms with Crippen LogP contribution in [0, 0.1) is 6.92 Å². The molecule has 0 fully saturated rings. The summed E-state index contributed by atoms with van der Waals surface area (Å²) in [7, 11) is 0. The van der Waals surface area contributed by atoms with Crippen molar-refractivity contribution < 1.29 is 18.0 Å². The van der Waals surface area contributed by atoms with Crippen molar-refractivity contribution in [3.05, 3.63) is 94.7 Å². The average molecular weight is 500 g/mol. The number of fused-ring (bicyclic) bond motifs is 2. The molecular weight excluding hydrogens is 481 g/mol. The number of H-pyrrole nitrogens is 1. The number of imidazole rings is 1. The largest absolute Gasteiger partial charge is 0.433 e. The Hall–Kier alpha value is -4.73. The Balaban J connectivity index is 1.26. The number of alkyl halides is 3. The van der Waals surface area contributed by atoms with E-state index in [1.807, 2.05) is 25.1 Å². The van der Waals surface area contributed by atoms with Crippen LogP contribution in [0.15, 0.2) is 66.5 Å². The van der Waals surface area contributed by atoms with Gasteiger partial charge in [0.15, 0.2) is 5.78 Å². The fourth-order valence-electron chi connectivity index (χ4n) is 4.60. The van der Waals surface area contributed by atoms with Gasteiger partial charge in [-0.3, -0.25) is 9.78 Å². The van der Waals surface area contributed by atoms with Gasteiger partial charge in [0.25, 0.3) is 0 Å². The highest BCUT2D eigenvalue weighted by Crippen LogP contribution is 2.34. The highest BCUT2D eigenvalue weighted by atomic mass is 19.4. The van der Waals surface area contributed by atoms with Crippen LogP contribution in [-0.2, 0) is 12.6 Å². The number of aromatic nitrogens is 5. The minimum absolute atomic E-state index is 0.217. The fourth-order valence-corrected chi connectivity index (χ4v) is 4.60. The summed E-state index contributed by atoms with van der Waals surface area (Å²) in [6.45, 7) is 1.87. The van der Waals surface area contributed by atoms with E-state index >= 15 is 0 Å². The standard InChI is InChI=1S/C27H19F3N6O/c1-14-34-22-5-4-20(12-23(22)35-14)36-26(31)21(13-33-36)25(37)19-9-16-3-2-15(8-18(16)10-19)17-6-7-32-24(11-17)27(28,29)30/h2-9,11-13H,10,31H2,1H3,(H,34,35). The van der Waals surface area contributed by atoms with E-state index in [0.717, 1.165) is 40.2 Å². The number of carbonyl (C=O) groups excluding carboxylic acids is 1. The van der Waals surface area contributed by atoms with E-state index in [1.54, 1.807) is 24.3 Å². The van der Waals surface area contributed by atoms with Crippen molar-refractivity contribution in [2.45, 2.75) is 19.5 Å². The molecule has 7 nitrogen and oxygen atoms in total. The molecule has 184 valence electrons. The number of nitrogens with zero attached hydrogens (tertiary/aromatic N) is 4. The van der Waals surface area contributed by atoms with Crippen molar-refractivity contribution >= 4 is 28.7 Å². The summed E-state index contributed by atoms with van der Waals surface area (Å²) in [5, 5.41) is 4.33. The van der Waals surface area contributed by atoms with Crippen LogP contribution in [0.25, 0.3) is 33.9 Å². The molecule has 0 saturated carbocycles. The third kappa shape index (κ3) is 3.96. The van der Waals surface area contributed by atoms with E-state index in [1.165, 1.54) is 16.9 Å². The van der Waals surface area contributed by atoms with Crippen LogP contribution in [0.2, 0.25) is 0 Å². The summed E-state index contributed by atoms with van der Waals surface area (Å²) in [5.41, 5.74) is 11.2. The lowest BCUT2D eigenvalue weighted by atomic mass is 9.99. The Morgan fingerprint density at radius 3 is 2.70 bits per heavy atom. The van der Waals surface area contributed by atoms with Crippen molar-refractivity contribution in [1.82, 2.24) is 24.7 Å². The molecule has 0 aliphatic heterocycles. The zero-order valence-corrected chi connectivity index (χ0v) is 19.5. The minimum Gasteiger partial charge on any atom is -0.383 e. The van der Waals surface area contributed by atoms with E-state index in [-0.39, 0.29) is 17.2 Å². The molecular formula is C27H19F3N6O. The maximum absolute atomic E-state index is 13.4. The molecule has 0 saturated heterocycles. The lowest BCUT2D eigenvalue weighted by Crippen LogP contribution is -2.08. The number of anilines is 1. The lowest BCUT2D eigenvalue weighted by molar-refractivity contribution is -0.141. The molecule has 3 N–H and O–H groups in total. The summed E-state index contributed by atoms with van der Waals surface area (Å²) in [6.07, 6.45) is 0.186. The first-order valence-electron chi connectivity index (χ1n) is 11.4. The molecule has 0 atom stereocenters. The predicted molar refractivity (Wildman–Crippen MR) is 133 cm³/mol. The van der Waals surface area contributed by atoms with Gasteiger partial charge in [-0.15, -0.1) is 0 Å². The molecule has 0 bridgehead atoms. The van der Waals surface area contributed by atoms with Gasteiger partial charge in [-0.05, 0) is 65.6 Å². The first-order chi connectivity index (χ1) is 17.7. The normalized spacial score (nSPS) is 13.1. The van der Waals surface area contributed by atoms with E-state index in [4.69, 9.17) is 5.73 Å². The van der Waals surface area contributed by atoms with Crippen LogP contribution in [-0.4, -0.2) is 30.5 Å². The number of nitrogens with one attached hydrogen (secondary N) is 1. The summed E-state index contributed by atoms with van der Waals surface area (Å²) in [5.74, 6) is 0.759. The molecule has 3 aromatic heterocycles. The second-order valence-corrected chi connectivity index (χ2v) is 8.90. The maximum Gasteiger partial charge on any atom is 0.433 e. The molecule has 1 aliphatic rings. The molecule has 0 unspecified atom stereocenters. The summed E-state index contributed by atoms with van der Waals surface area (Å²) < 4.78 is 40.8. The average Bonchev–Trinajstić information content (AvgIpc) is 3.57. The van der Waals surface area contributed by atoms with E-state index in [0.29, 0.717) is 28.8 Å². The van der Waals surface area contributed by atoms with Crippen molar-refractivity contribution in [3.63, 3.8) is 0 Å². The van der Waals surface area contributed by atoms with E-state index < -0.39 is 11.9 Å². The van der Waals surface area contributed by atoms with Crippen molar-refractivity contribution in [2.24, 2.45) is 0 Å². The SMILES string of the molecule is Cc1nc2ccc(-n3ncc(C(=O)C4=Cc5ccc(-c6ccnc(C(F)(F)F)c6)cc5C4)c3N)cc2[nH]1. The Kier molecular flexibility index (Phi) is 5.01. The fraction of sp³-hybridized carbons (Fsp3) is 0.111. The van der Waals surface area contributed by atoms with Crippen LogP contribution in [0.3, 0.4) is 0 Å². The molecule has 10 heteroatoms. The Morgan fingerprint density at radius 2 is 1.89 bits per heavy atom. The van der Waals surface area contributed by atoms with Gasteiger partial charge in [0, 0.05) is 18.2 Å². The number of Topliss-reactive ketones (excluding diaryl/α,β-unsaturated/α-hetero) is 1. The molecule has 0 spiro atoms. The van der Waals surface area contributed by atoms with Crippen LogP contribution >= 0.6 is 0 Å². The first-order valence-corrected chi connectivity index (χ1v) is 11.4. The van der Waals surface area contributed by atoms with Crippen LogP contribution in [0.1, 0.15) is 33.0 Å². The highest BCUT2D eigenvalue weighted by molar-refractivity contribution is 6.15. The van der Waals surface area contributed by atoms with Crippen LogP contribution in [0.5, 0.6) is 0 Å². The topological polar surface area (TPSA) is 102 Å². The zero-order valence-electron chi connectivity index (χ0n) is 19.5. The van der Waals surface area contributed by atoms with Gasteiger partial charge in [-0.2, -0.15) is 18.3 Å². The number of nitrogens with two attached hydrogens (primary N) is 1. The predicted octanol–water partition coefficient (Wildman–Crippen LogP) is 5.54. The number of aromatic amines is 1. The Morgan fingerprint density at radius 1 is 1.08 bits per heavy atom. The number of rotatable bonds is 4. The number of hydrogen-bond acceptors (Lipinski definition) is 5. The second-order valence-electron chi connectivity index (χ2n) is 8.90. The van der Waals surface area contributed by atoms with Gasteiger partial charge in [-0.1, -0.05) is 18.2 Å². The van der Waals surface area contributed by atoms with Crippen molar-refractivity contribution in [1.29, 1.82) is 0 Å². The zero-order chi connectivity index (χ0) is 25.9. The number of aryl methyl sites for hydroxylation is 1. The van der Waals surface area contributed by atoms with Gasteiger partial charge in [0.05, 0.1) is 28.5 Å². The molecule has 37 heavy (non-hydrogen) atoms. The van der Waals surface area contributed by atoms with Gasteiger partial charge < -0.3 is 10.7 Å². The van der Waals surface area contributed by atoms with Crippen molar-refractivity contribution in [3.8, 4) is 16.8 Å². The molecule has 2 aromatic carbocycles. The van der Waals surface area contributed by atoms with Crippen LogP contribution < -0.4 is 5.73 Å². The molecule has 3 heterocycles. The first kappa shape index (κ1) is 22.7. The lowest BCUT2D eigenvalue weighted by Gasteiger charge is -2.09. The number of ketones is 1. The number of nitrogen functional groups attached to an aromatic ring is 1. The Labute approximate surface area is 208 Å². The molecule has 0 radical (unpaired) electrons. The van der Waals surface area contributed by atoms with E-state index in [2.05, 4.69) is 20.1 Å². The van der Waals surface area contributed by atoms with Gasteiger partial charge >= 0.3 is 6.18 Å². The van der Waals surface area contributed by atoms with Gasteiger partial charge in [-0.25, -0.2) is 9.67 Å². The number of carbonyl (C=O) groups is 1. The summed E-state index contributed by atoms with van der Waals surface area (Å²) >= 11 is 0. The van der Waals surface area contributed by atoms with Crippen LogP contribution in [0.4, 0.5) is 19.0 Å². The van der Waals surface area contributed by atoms with Gasteiger partial charge in [0.1, 0.15) is 17.3 Å². The quantitative estimate of drug-likeness (QED) is 0.316. The molecule has 0 amide bonds. The number of hydrogen-bond donors (Lipinski definition) is 2. The Bertz CT molecular complexity index is 1740. The second kappa shape index (κ2) is 8.16. The highest BCUT2D eigenvalue weighted by Gasteiger charge is 2.32. The monoisotopic (exact) mass is 500 g/mol. The number of allylic oxidation sites excluding steroid dienone is 1. The van der Waals surface area contributed by atoms with Crippen molar-refractivity contribution in [2.75, 3.05) is 5.73 Å². The number of halogens is 3. The number of pyridine rings is 1. The third-order valence-corrected chi connectivity index (χ3v) is 6.41. The summed E-state index contributed by atoms with van der Waals surface area (Å²) in [6, 6.07) is 13.4. The third-order valence-electron chi connectivity index (χ3n) is 6.41. The maximum atomic E-state index is 13.4. The van der Waals surface area contributed by atoms with E-state index in [9.17, 15) is 18.0 Å². The summed E-state index contributed by atoms with van der Waals surface area (Å²) in [4.78, 5) is 24.3. The minimum atomic E-state index is -4.53. The molecule has 6 rings (SSSR count). The van der Waals surface area contributed by atoms with Gasteiger partial charge in [0.2, 0.25) is 0 Å². The smallest absolute Gasteiger partial charge is 0.383 e. The number of benzene rings is 2. The molecule has 5 aromatic rings.